The van der Waals surface area contributed by atoms with Crippen molar-refractivity contribution in [3.05, 3.63) is 82.9 Å². The van der Waals surface area contributed by atoms with E-state index < -0.39 is 17.5 Å². The number of hydrogen-bond donors (Lipinski definition) is 1. The van der Waals surface area contributed by atoms with Crippen LogP contribution in [0.15, 0.2) is 60.7 Å². The lowest BCUT2D eigenvalue weighted by Gasteiger charge is -2.38. The molecule has 4 heteroatoms. The maximum absolute atomic E-state index is 13.1. The second-order valence-corrected chi connectivity index (χ2v) is 7.81. The third kappa shape index (κ3) is 3.63. The van der Waals surface area contributed by atoms with Gasteiger partial charge in [0.1, 0.15) is 5.60 Å². The second-order valence-electron chi connectivity index (χ2n) is 7.81. The summed E-state index contributed by atoms with van der Waals surface area (Å²) in [5.41, 5.74) is 1.37. The molecule has 4 rings (SSSR count). The number of benzene rings is 3. The molecule has 1 N–H and O–H groups in total. The van der Waals surface area contributed by atoms with Crippen molar-refractivity contribution < 1.29 is 19.4 Å². The van der Waals surface area contributed by atoms with Gasteiger partial charge in [0, 0.05) is 5.56 Å². The first-order chi connectivity index (χ1) is 14.0. The summed E-state index contributed by atoms with van der Waals surface area (Å²) in [4.78, 5) is 24.6. The Balaban J connectivity index is 1.76. The maximum Gasteiger partial charge on any atom is 0.339 e. The summed E-state index contributed by atoms with van der Waals surface area (Å²) < 4.78 is 6.20. The van der Waals surface area contributed by atoms with Gasteiger partial charge in [0.15, 0.2) is 0 Å². The molecule has 0 heterocycles. The summed E-state index contributed by atoms with van der Waals surface area (Å²) >= 11 is 0. The Bertz CT molecular complexity index is 1070. The highest BCUT2D eigenvalue weighted by Crippen LogP contribution is 2.43. The van der Waals surface area contributed by atoms with Gasteiger partial charge in [-0.05, 0) is 61.1 Å². The molecule has 0 bridgehead atoms. The number of ether oxygens (including phenoxy) is 1. The van der Waals surface area contributed by atoms with Gasteiger partial charge in [-0.25, -0.2) is 9.59 Å². The van der Waals surface area contributed by atoms with E-state index in [0.717, 1.165) is 48.4 Å². The first-order valence-corrected chi connectivity index (χ1v) is 10.1. The minimum Gasteiger partial charge on any atom is -0.478 e. The van der Waals surface area contributed by atoms with Gasteiger partial charge in [-0.2, -0.15) is 0 Å². The molecule has 1 aliphatic carbocycles. The van der Waals surface area contributed by atoms with E-state index in [2.05, 4.69) is 24.3 Å². The highest BCUT2D eigenvalue weighted by molar-refractivity contribution is 5.96. The molecule has 1 fully saturated rings. The largest absolute Gasteiger partial charge is 0.478 e. The Morgan fingerprint density at radius 2 is 1.66 bits per heavy atom. The van der Waals surface area contributed by atoms with Crippen LogP contribution in [0.3, 0.4) is 0 Å². The average Bonchev–Trinajstić information content (AvgIpc) is 2.74. The van der Waals surface area contributed by atoms with E-state index >= 15 is 0 Å². The maximum atomic E-state index is 13.1. The van der Waals surface area contributed by atoms with Crippen molar-refractivity contribution in [1.29, 1.82) is 0 Å². The number of carbonyl (C=O) groups excluding carboxylic acids is 1. The lowest BCUT2D eigenvalue weighted by molar-refractivity contribution is -0.0408. The van der Waals surface area contributed by atoms with E-state index in [1.165, 1.54) is 6.07 Å². The smallest absolute Gasteiger partial charge is 0.339 e. The van der Waals surface area contributed by atoms with Gasteiger partial charge in [-0.1, -0.05) is 55.0 Å². The number of carboxylic acid groups (broad SMARTS) is 1. The van der Waals surface area contributed by atoms with Crippen LogP contribution in [0.5, 0.6) is 0 Å². The molecular weight excluding hydrogens is 364 g/mol. The number of carbonyl (C=O) groups is 2. The van der Waals surface area contributed by atoms with Crippen LogP contribution in [0.2, 0.25) is 0 Å². The van der Waals surface area contributed by atoms with Crippen molar-refractivity contribution in [2.75, 3.05) is 0 Å². The van der Waals surface area contributed by atoms with Gasteiger partial charge in [0.2, 0.25) is 0 Å². The van der Waals surface area contributed by atoms with Crippen LogP contribution < -0.4 is 0 Å². The predicted octanol–water partition coefficient (Wildman–Crippen LogP) is 5.86. The van der Waals surface area contributed by atoms with Gasteiger partial charge in [0.05, 0.1) is 11.1 Å². The van der Waals surface area contributed by atoms with Gasteiger partial charge >= 0.3 is 11.9 Å². The average molecular weight is 388 g/mol. The fourth-order valence-electron chi connectivity index (χ4n) is 4.39. The Labute approximate surface area is 170 Å². The molecule has 0 radical (unpaired) electrons. The van der Waals surface area contributed by atoms with Crippen LogP contribution in [0.4, 0.5) is 0 Å². The fraction of sp³-hybridized carbons (Fsp3) is 0.280. The van der Waals surface area contributed by atoms with E-state index in [1.807, 2.05) is 18.2 Å². The summed E-state index contributed by atoms with van der Waals surface area (Å²) in [5.74, 6) is -1.51. The first-order valence-electron chi connectivity index (χ1n) is 10.1. The highest BCUT2D eigenvalue weighted by atomic mass is 16.6. The molecule has 1 saturated carbocycles. The standard InChI is InChI=1S/C25H24O4/c1-17-12-13-19(16-21(17)23(26)27)24(28)29-25(14-5-2-6-15-25)22-11-7-9-18-8-3-4-10-20(18)22/h3-4,7-13,16H,2,5-6,14-15H2,1H3,(H,26,27). The zero-order valence-corrected chi connectivity index (χ0v) is 16.5. The van der Waals surface area contributed by atoms with Crippen molar-refractivity contribution >= 4 is 22.7 Å². The Morgan fingerprint density at radius 1 is 0.931 bits per heavy atom. The molecule has 148 valence electrons. The van der Waals surface area contributed by atoms with E-state index in [-0.39, 0.29) is 11.1 Å². The molecular formula is C25H24O4. The third-order valence-corrected chi connectivity index (χ3v) is 5.93. The zero-order chi connectivity index (χ0) is 20.4. The van der Waals surface area contributed by atoms with Crippen molar-refractivity contribution in [3.63, 3.8) is 0 Å². The number of aromatic carboxylic acids is 1. The molecule has 29 heavy (non-hydrogen) atoms. The van der Waals surface area contributed by atoms with Crippen LogP contribution >= 0.6 is 0 Å². The number of rotatable bonds is 4. The van der Waals surface area contributed by atoms with Crippen molar-refractivity contribution in [2.45, 2.75) is 44.6 Å². The molecule has 3 aromatic rings. The van der Waals surface area contributed by atoms with E-state index in [1.54, 1.807) is 19.1 Å². The summed E-state index contributed by atoms with van der Waals surface area (Å²) in [6.07, 6.45) is 4.64. The van der Waals surface area contributed by atoms with E-state index in [4.69, 9.17) is 4.74 Å². The number of carboxylic acids is 1. The normalized spacial score (nSPS) is 15.8. The molecule has 3 aromatic carbocycles. The highest BCUT2D eigenvalue weighted by Gasteiger charge is 2.39. The molecule has 0 spiro atoms. The van der Waals surface area contributed by atoms with Gasteiger partial charge < -0.3 is 9.84 Å². The minimum absolute atomic E-state index is 0.127. The van der Waals surface area contributed by atoms with Crippen LogP contribution in [0, 0.1) is 6.92 Å². The molecule has 1 aliphatic rings. The topological polar surface area (TPSA) is 63.6 Å². The molecule has 0 saturated heterocycles. The molecule has 0 aliphatic heterocycles. The van der Waals surface area contributed by atoms with Crippen molar-refractivity contribution in [2.24, 2.45) is 0 Å². The second kappa shape index (κ2) is 7.70. The van der Waals surface area contributed by atoms with Crippen molar-refractivity contribution in [3.8, 4) is 0 Å². The zero-order valence-electron chi connectivity index (χ0n) is 16.5. The molecule has 0 atom stereocenters. The summed E-state index contributed by atoms with van der Waals surface area (Å²) in [6, 6.07) is 19.0. The van der Waals surface area contributed by atoms with Gasteiger partial charge in [-0.3, -0.25) is 0 Å². The Kier molecular flexibility index (Phi) is 5.10. The SMILES string of the molecule is Cc1ccc(C(=O)OC2(c3cccc4ccccc34)CCCCC2)cc1C(=O)O. The number of aryl methyl sites for hydroxylation is 1. The lowest BCUT2D eigenvalue weighted by Crippen LogP contribution is -2.35. The quantitative estimate of drug-likeness (QED) is 0.568. The summed E-state index contributed by atoms with van der Waals surface area (Å²) in [6.45, 7) is 1.72. The summed E-state index contributed by atoms with van der Waals surface area (Å²) in [7, 11) is 0. The minimum atomic E-state index is -1.04. The van der Waals surface area contributed by atoms with Crippen molar-refractivity contribution in [1.82, 2.24) is 0 Å². The molecule has 0 amide bonds. The van der Waals surface area contributed by atoms with Gasteiger partial charge in [-0.15, -0.1) is 0 Å². The van der Waals surface area contributed by atoms with Gasteiger partial charge in [0.25, 0.3) is 0 Å². The number of esters is 1. The van der Waals surface area contributed by atoms with Crippen LogP contribution in [-0.4, -0.2) is 17.0 Å². The molecule has 0 aromatic heterocycles. The first kappa shape index (κ1) is 19.2. The molecule has 0 unspecified atom stereocenters. The Morgan fingerprint density at radius 3 is 2.41 bits per heavy atom. The predicted molar refractivity (Wildman–Crippen MR) is 112 cm³/mol. The van der Waals surface area contributed by atoms with Crippen LogP contribution in [0.1, 0.15) is 63.9 Å². The monoisotopic (exact) mass is 388 g/mol. The van der Waals surface area contributed by atoms with E-state index in [0.29, 0.717) is 5.56 Å². The molecule has 4 nitrogen and oxygen atoms in total. The Hall–Kier alpha value is -3.14. The number of fused-ring (bicyclic) bond motifs is 1. The van der Waals surface area contributed by atoms with Crippen LogP contribution in [0.25, 0.3) is 10.8 Å². The summed E-state index contributed by atoms with van der Waals surface area (Å²) in [5, 5.41) is 11.6. The van der Waals surface area contributed by atoms with E-state index in [9.17, 15) is 14.7 Å². The third-order valence-electron chi connectivity index (χ3n) is 5.93. The fourth-order valence-corrected chi connectivity index (χ4v) is 4.39. The lowest BCUT2D eigenvalue weighted by atomic mass is 9.77. The van der Waals surface area contributed by atoms with Crippen LogP contribution in [-0.2, 0) is 10.3 Å². The number of hydrogen-bond acceptors (Lipinski definition) is 3.